The first-order valence-electron chi connectivity index (χ1n) is 8.56. The van der Waals surface area contributed by atoms with Crippen molar-refractivity contribution < 1.29 is 14.3 Å². The molecule has 28 heavy (non-hydrogen) atoms. The summed E-state index contributed by atoms with van der Waals surface area (Å²) in [5.74, 6) is 0.660. The van der Waals surface area contributed by atoms with Gasteiger partial charge in [-0.2, -0.15) is 5.10 Å². The van der Waals surface area contributed by atoms with Crippen LogP contribution in [0.4, 0.5) is 5.69 Å². The van der Waals surface area contributed by atoms with Gasteiger partial charge in [-0.1, -0.05) is 0 Å². The van der Waals surface area contributed by atoms with Crippen LogP contribution in [0.3, 0.4) is 0 Å². The van der Waals surface area contributed by atoms with Gasteiger partial charge >= 0.3 is 0 Å². The van der Waals surface area contributed by atoms with Gasteiger partial charge in [0.1, 0.15) is 6.04 Å². The number of carbonyl (C=O) groups excluding carboxylic acids is 1. The summed E-state index contributed by atoms with van der Waals surface area (Å²) in [5.41, 5.74) is 1.53. The standard InChI is InChI=1S/C20H20N4O4/c1-13(20(26)22-15-4-6-17(27-2)18(12-15)28-3)24-19(25)7-5-16(23-24)14-8-10-21-11-9-14/h4-13H,1-3H3,(H,22,26). The molecule has 1 unspecified atom stereocenters. The predicted molar refractivity (Wildman–Crippen MR) is 105 cm³/mol. The van der Waals surface area contributed by atoms with Crippen LogP contribution >= 0.6 is 0 Å². The molecular formula is C20H20N4O4. The monoisotopic (exact) mass is 380 g/mol. The number of nitrogens with zero attached hydrogens (tertiary/aromatic N) is 3. The summed E-state index contributed by atoms with van der Waals surface area (Å²) < 4.78 is 11.6. The van der Waals surface area contributed by atoms with Crippen LogP contribution in [0.1, 0.15) is 13.0 Å². The van der Waals surface area contributed by atoms with Crippen molar-refractivity contribution in [3.63, 3.8) is 0 Å². The average Bonchev–Trinajstić information content (AvgIpc) is 2.74. The molecule has 0 saturated heterocycles. The maximum Gasteiger partial charge on any atom is 0.267 e. The summed E-state index contributed by atoms with van der Waals surface area (Å²) in [6, 6.07) is 10.8. The van der Waals surface area contributed by atoms with Crippen molar-refractivity contribution in [2.24, 2.45) is 0 Å². The zero-order valence-electron chi connectivity index (χ0n) is 15.7. The van der Waals surface area contributed by atoms with Crippen molar-refractivity contribution >= 4 is 11.6 Å². The molecule has 1 atom stereocenters. The van der Waals surface area contributed by atoms with E-state index in [4.69, 9.17) is 9.47 Å². The molecule has 0 saturated carbocycles. The second-order valence-electron chi connectivity index (χ2n) is 5.97. The molecule has 144 valence electrons. The first-order valence-corrected chi connectivity index (χ1v) is 8.56. The van der Waals surface area contributed by atoms with E-state index in [1.807, 2.05) is 0 Å². The first kappa shape index (κ1) is 19.1. The zero-order valence-corrected chi connectivity index (χ0v) is 15.7. The molecule has 1 aromatic carbocycles. The topological polar surface area (TPSA) is 95.3 Å². The maximum absolute atomic E-state index is 12.7. The van der Waals surface area contributed by atoms with Gasteiger partial charge in [-0.25, -0.2) is 4.68 Å². The zero-order chi connectivity index (χ0) is 20.1. The molecule has 1 amide bonds. The molecule has 8 heteroatoms. The van der Waals surface area contributed by atoms with E-state index in [1.54, 1.807) is 55.7 Å². The van der Waals surface area contributed by atoms with Gasteiger partial charge in [0.2, 0.25) is 5.91 Å². The maximum atomic E-state index is 12.7. The Kier molecular flexibility index (Phi) is 5.69. The lowest BCUT2D eigenvalue weighted by Gasteiger charge is -2.16. The third-order valence-corrected chi connectivity index (χ3v) is 4.20. The molecule has 0 aliphatic rings. The van der Waals surface area contributed by atoms with Gasteiger partial charge in [-0.05, 0) is 37.3 Å². The Labute approximate surface area is 161 Å². The van der Waals surface area contributed by atoms with Crippen LogP contribution in [0, 0.1) is 0 Å². The van der Waals surface area contributed by atoms with E-state index in [2.05, 4.69) is 15.4 Å². The summed E-state index contributed by atoms with van der Waals surface area (Å²) in [7, 11) is 3.05. The fourth-order valence-corrected chi connectivity index (χ4v) is 2.65. The Bertz CT molecular complexity index is 1030. The second-order valence-corrected chi connectivity index (χ2v) is 5.97. The van der Waals surface area contributed by atoms with Crippen LogP contribution in [-0.2, 0) is 4.79 Å². The minimum atomic E-state index is -0.817. The first-order chi connectivity index (χ1) is 13.5. The summed E-state index contributed by atoms with van der Waals surface area (Å²) >= 11 is 0. The third-order valence-electron chi connectivity index (χ3n) is 4.20. The third kappa shape index (κ3) is 4.01. The average molecular weight is 380 g/mol. The molecule has 2 heterocycles. The molecule has 0 bridgehead atoms. The molecule has 0 radical (unpaired) electrons. The van der Waals surface area contributed by atoms with Crippen molar-refractivity contribution in [2.45, 2.75) is 13.0 Å². The Morgan fingerprint density at radius 2 is 1.75 bits per heavy atom. The molecular weight excluding hydrogens is 360 g/mol. The highest BCUT2D eigenvalue weighted by Gasteiger charge is 2.19. The molecule has 3 rings (SSSR count). The number of methoxy groups -OCH3 is 2. The number of amides is 1. The van der Waals surface area contributed by atoms with Gasteiger partial charge in [0, 0.05) is 35.8 Å². The Morgan fingerprint density at radius 3 is 2.43 bits per heavy atom. The lowest BCUT2D eigenvalue weighted by atomic mass is 10.2. The number of ether oxygens (including phenoxy) is 2. The van der Waals surface area contributed by atoms with Crippen LogP contribution < -0.4 is 20.3 Å². The minimum absolute atomic E-state index is 0.368. The van der Waals surface area contributed by atoms with E-state index in [1.165, 1.54) is 20.3 Å². The molecule has 8 nitrogen and oxygen atoms in total. The number of rotatable bonds is 6. The number of hydrogen-bond acceptors (Lipinski definition) is 6. The SMILES string of the molecule is COc1ccc(NC(=O)C(C)n2nc(-c3ccncc3)ccc2=O)cc1OC. The van der Waals surface area contributed by atoms with E-state index in [-0.39, 0.29) is 11.5 Å². The van der Waals surface area contributed by atoms with Gasteiger partial charge in [0.15, 0.2) is 11.5 Å². The van der Waals surface area contributed by atoms with Crippen molar-refractivity contribution in [1.29, 1.82) is 0 Å². The molecule has 3 aromatic rings. The van der Waals surface area contributed by atoms with E-state index in [0.717, 1.165) is 10.2 Å². The largest absolute Gasteiger partial charge is 0.493 e. The van der Waals surface area contributed by atoms with Gasteiger partial charge in [0.25, 0.3) is 5.56 Å². The van der Waals surface area contributed by atoms with Gasteiger partial charge < -0.3 is 14.8 Å². The molecule has 0 aliphatic carbocycles. The van der Waals surface area contributed by atoms with Crippen LogP contribution in [0.2, 0.25) is 0 Å². The van der Waals surface area contributed by atoms with E-state index < -0.39 is 6.04 Å². The lowest BCUT2D eigenvalue weighted by Crippen LogP contribution is -2.33. The minimum Gasteiger partial charge on any atom is -0.493 e. The van der Waals surface area contributed by atoms with Crippen LogP contribution in [0.15, 0.2) is 59.7 Å². The van der Waals surface area contributed by atoms with Crippen LogP contribution in [0.25, 0.3) is 11.3 Å². The number of aromatic nitrogens is 3. The number of pyridine rings is 1. The molecule has 1 N–H and O–H groups in total. The lowest BCUT2D eigenvalue weighted by molar-refractivity contribution is -0.119. The highest BCUT2D eigenvalue weighted by molar-refractivity contribution is 5.93. The molecule has 0 aliphatic heterocycles. The number of benzene rings is 1. The van der Waals surface area contributed by atoms with Gasteiger partial charge in [0.05, 0.1) is 19.9 Å². The number of hydrogen-bond donors (Lipinski definition) is 1. The predicted octanol–water partition coefficient (Wildman–Crippen LogP) is 2.52. The molecule has 2 aromatic heterocycles. The highest BCUT2D eigenvalue weighted by atomic mass is 16.5. The van der Waals surface area contributed by atoms with E-state index in [9.17, 15) is 9.59 Å². The Morgan fingerprint density at radius 1 is 1.04 bits per heavy atom. The fourth-order valence-electron chi connectivity index (χ4n) is 2.65. The summed E-state index contributed by atoms with van der Waals surface area (Å²) in [4.78, 5) is 28.9. The van der Waals surface area contributed by atoms with E-state index >= 15 is 0 Å². The highest BCUT2D eigenvalue weighted by Crippen LogP contribution is 2.30. The summed E-state index contributed by atoms with van der Waals surface area (Å²) in [5, 5.41) is 7.11. The van der Waals surface area contributed by atoms with Crippen molar-refractivity contribution in [2.75, 3.05) is 19.5 Å². The van der Waals surface area contributed by atoms with Gasteiger partial charge in [-0.3, -0.25) is 14.6 Å². The molecule has 0 spiro atoms. The van der Waals surface area contributed by atoms with Crippen LogP contribution in [-0.4, -0.2) is 34.9 Å². The van der Waals surface area contributed by atoms with Crippen molar-refractivity contribution in [3.8, 4) is 22.8 Å². The number of anilines is 1. The second kappa shape index (κ2) is 8.34. The fraction of sp³-hybridized carbons (Fsp3) is 0.200. The van der Waals surface area contributed by atoms with E-state index in [0.29, 0.717) is 22.9 Å². The number of carbonyl (C=O) groups is 1. The smallest absolute Gasteiger partial charge is 0.267 e. The molecule has 0 fully saturated rings. The quantitative estimate of drug-likeness (QED) is 0.706. The van der Waals surface area contributed by atoms with Crippen LogP contribution in [0.5, 0.6) is 11.5 Å². The Hall–Kier alpha value is -3.68. The Balaban J connectivity index is 1.85. The summed E-state index contributed by atoms with van der Waals surface area (Å²) in [6.45, 7) is 1.61. The summed E-state index contributed by atoms with van der Waals surface area (Å²) in [6.07, 6.45) is 3.28. The van der Waals surface area contributed by atoms with Gasteiger partial charge in [-0.15, -0.1) is 0 Å². The van der Waals surface area contributed by atoms with Crippen molar-refractivity contribution in [1.82, 2.24) is 14.8 Å². The normalized spacial score (nSPS) is 11.5. The van der Waals surface area contributed by atoms with Crippen molar-refractivity contribution in [3.05, 3.63) is 65.2 Å². The number of nitrogens with one attached hydrogen (secondary N) is 1.